The van der Waals surface area contributed by atoms with E-state index in [0.29, 0.717) is 36.6 Å². The van der Waals surface area contributed by atoms with Gasteiger partial charge >= 0.3 is 0 Å². The van der Waals surface area contributed by atoms with Crippen LogP contribution in [0.5, 0.6) is 11.5 Å². The molecule has 1 unspecified atom stereocenters. The average Bonchev–Trinajstić information content (AvgIpc) is 3.05. The number of ketones is 1. The first kappa shape index (κ1) is 13.9. The van der Waals surface area contributed by atoms with Gasteiger partial charge in [0.05, 0.1) is 12.0 Å². The lowest BCUT2D eigenvalue weighted by Crippen LogP contribution is -2.38. The van der Waals surface area contributed by atoms with E-state index in [4.69, 9.17) is 15.2 Å². The molecule has 1 saturated heterocycles. The van der Waals surface area contributed by atoms with Gasteiger partial charge in [-0.15, -0.1) is 0 Å². The Morgan fingerprint density at radius 2 is 2.10 bits per heavy atom. The van der Waals surface area contributed by atoms with Crippen molar-refractivity contribution in [3.63, 3.8) is 0 Å². The molecule has 1 atom stereocenters. The number of Topliss-reactive ketones (excluding diaryl/α,β-unsaturated/α-hetero) is 1. The van der Waals surface area contributed by atoms with E-state index in [9.17, 15) is 9.59 Å². The summed E-state index contributed by atoms with van der Waals surface area (Å²) in [6.07, 6.45) is 0.691. The predicted octanol–water partition coefficient (Wildman–Crippen LogP) is 0.795. The van der Waals surface area contributed by atoms with E-state index in [1.807, 2.05) is 11.8 Å². The zero-order valence-electron chi connectivity index (χ0n) is 11.9. The van der Waals surface area contributed by atoms with Gasteiger partial charge in [-0.3, -0.25) is 14.5 Å². The van der Waals surface area contributed by atoms with Crippen LogP contribution >= 0.6 is 0 Å². The molecule has 6 nitrogen and oxygen atoms in total. The fraction of sp³-hybridized carbons (Fsp3) is 0.467. The highest BCUT2D eigenvalue weighted by molar-refractivity contribution is 5.98. The topological polar surface area (TPSA) is 81.9 Å². The number of amides is 1. The fourth-order valence-electron chi connectivity index (χ4n) is 2.76. The normalized spacial score (nSPS) is 24.2. The molecule has 0 aliphatic carbocycles. The molecule has 6 heteroatoms. The van der Waals surface area contributed by atoms with Crippen molar-refractivity contribution in [2.24, 2.45) is 11.1 Å². The Morgan fingerprint density at radius 3 is 2.81 bits per heavy atom. The van der Waals surface area contributed by atoms with Gasteiger partial charge in [-0.2, -0.15) is 0 Å². The first-order chi connectivity index (χ1) is 9.98. The molecule has 3 rings (SSSR count). The summed E-state index contributed by atoms with van der Waals surface area (Å²) in [5, 5.41) is 0. The lowest BCUT2D eigenvalue weighted by atomic mass is 9.89. The lowest BCUT2D eigenvalue weighted by molar-refractivity contribution is -0.126. The number of benzene rings is 1. The van der Waals surface area contributed by atoms with Gasteiger partial charge < -0.3 is 15.2 Å². The number of nitrogens with zero attached hydrogens (tertiary/aromatic N) is 1. The number of primary amides is 1. The van der Waals surface area contributed by atoms with E-state index in [1.165, 1.54) is 0 Å². The number of likely N-dealkylation sites (tertiary alicyclic amines) is 1. The van der Waals surface area contributed by atoms with Gasteiger partial charge in [-0.25, -0.2) is 0 Å². The van der Waals surface area contributed by atoms with E-state index >= 15 is 0 Å². The van der Waals surface area contributed by atoms with Gasteiger partial charge in [0.15, 0.2) is 17.3 Å². The molecule has 2 N–H and O–H groups in total. The molecule has 0 aromatic heterocycles. The molecular weight excluding hydrogens is 272 g/mol. The molecule has 0 radical (unpaired) electrons. The standard InChI is InChI=1S/C15H18N2O4/c1-15(14(16)19)4-5-17(8-15)7-11(18)10-2-3-12-13(6-10)21-9-20-12/h2-3,6H,4-5,7-9H2,1H3,(H2,16,19). The van der Waals surface area contributed by atoms with Crippen LogP contribution in [0.3, 0.4) is 0 Å². The van der Waals surface area contributed by atoms with Gasteiger partial charge in [0, 0.05) is 12.1 Å². The fourth-order valence-corrected chi connectivity index (χ4v) is 2.76. The Balaban J connectivity index is 1.66. The van der Waals surface area contributed by atoms with Crippen LogP contribution in [0, 0.1) is 5.41 Å². The second-order valence-corrected chi connectivity index (χ2v) is 5.88. The summed E-state index contributed by atoms with van der Waals surface area (Å²) in [6, 6.07) is 5.18. The van der Waals surface area contributed by atoms with Crippen molar-refractivity contribution >= 4 is 11.7 Å². The highest BCUT2D eigenvalue weighted by Gasteiger charge is 2.39. The second kappa shape index (κ2) is 5.04. The van der Waals surface area contributed by atoms with E-state index in [0.717, 1.165) is 0 Å². The molecular formula is C15H18N2O4. The largest absolute Gasteiger partial charge is 0.454 e. The minimum absolute atomic E-state index is 0.00187. The maximum atomic E-state index is 12.3. The molecule has 1 amide bonds. The van der Waals surface area contributed by atoms with Crippen LogP contribution in [-0.2, 0) is 4.79 Å². The van der Waals surface area contributed by atoms with Crippen molar-refractivity contribution in [1.82, 2.24) is 4.90 Å². The van der Waals surface area contributed by atoms with E-state index in [-0.39, 0.29) is 25.0 Å². The minimum Gasteiger partial charge on any atom is -0.454 e. The van der Waals surface area contributed by atoms with Gasteiger partial charge in [0.2, 0.25) is 12.7 Å². The molecule has 1 fully saturated rings. The zero-order chi connectivity index (χ0) is 15.0. The van der Waals surface area contributed by atoms with E-state index in [2.05, 4.69) is 0 Å². The predicted molar refractivity (Wildman–Crippen MR) is 75.3 cm³/mol. The summed E-state index contributed by atoms with van der Waals surface area (Å²) in [4.78, 5) is 25.7. The quantitative estimate of drug-likeness (QED) is 0.829. The van der Waals surface area contributed by atoms with Crippen molar-refractivity contribution in [3.8, 4) is 11.5 Å². The molecule has 2 aliphatic heterocycles. The number of carbonyl (C=O) groups excluding carboxylic acids is 2. The second-order valence-electron chi connectivity index (χ2n) is 5.88. The molecule has 2 aliphatic rings. The van der Waals surface area contributed by atoms with Crippen LogP contribution in [0.2, 0.25) is 0 Å². The number of fused-ring (bicyclic) bond motifs is 1. The van der Waals surface area contributed by atoms with Crippen LogP contribution in [0.1, 0.15) is 23.7 Å². The summed E-state index contributed by atoms with van der Waals surface area (Å²) in [5.41, 5.74) is 5.47. The van der Waals surface area contributed by atoms with Gasteiger partial charge in [0.1, 0.15) is 0 Å². The molecule has 0 spiro atoms. The highest BCUT2D eigenvalue weighted by Crippen LogP contribution is 2.33. The molecule has 0 saturated carbocycles. The SMILES string of the molecule is CC1(C(N)=O)CCN(CC(=O)c2ccc3c(c2)OCO3)C1. The van der Waals surface area contributed by atoms with E-state index < -0.39 is 5.41 Å². The monoisotopic (exact) mass is 290 g/mol. The first-order valence-electron chi connectivity index (χ1n) is 6.93. The number of ether oxygens (including phenoxy) is 2. The van der Waals surface area contributed by atoms with Gasteiger partial charge in [-0.05, 0) is 38.1 Å². The third-order valence-electron chi connectivity index (χ3n) is 4.21. The molecule has 21 heavy (non-hydrogen) atoms. The summed E-state index contributed by atoms with van der Waals surface area (Å²) < 4.78 is 10.5. The number of nitrogens with two attached hydrogens (primary N) is 1. The smallest absolute Gasteiger partial charge is 0.231 e. The number of carbonyl (C=O) groups is 2. The Hall–Kier alpha value is -2.08. The lowest BCUT2D eigenvalue weighted by Gasteiger charge is -2.20. The van der Waals surface area contributed by atoms with E-state index in [1.54, 1.807) is 18.2 Å². The summed E-state index contributed by atoms with van der Waals surface area (Å²) in [6.45, 7) is 3.55. The van der Waals surface area contributed by atoms with Crippen molar-refractivity contribution in [2.45, 2.75) is 13.3 Å². The number of rotatable bonds is 4. The number of hydrogen-bond acceptors (Lipinski definition) is 5. The van der Waals surface area contributed by atoms with Crippen molar-refractivity contribution in [2.75, 3.05) is 26.4 Å². The summed E-state index contributed by atoms with van der Waals surface area (Å²) in [5.74, 6) is 0.959. The summed E-state index contributed by atoms with van der Waals surface area (Å²) >= 11 is 0. The highest BCUT2D eigenvalue weighted by atomic mass is 16.7. The van der Waals surface area contributed by atoms with Gasteiger partial charge in [-0.1, -0.05) is 0 Å². The van der Waals surface area contributed by atoms with Crippen molar-refractivity contribution in [3.05, 3.63) is 23.8 Å². The maximum Gasteiger partial charge on any atom is 0.231 e. The number of hydrogen-bond donors (Lipinski definition) is 1. The van der Waals surface area contributed by atoms with Crippen LogP contribution in [0.4, 0.5) is 0 Å². The van der Waals surface area contributed by atoms with Gasteiger partial charge in [0.25, 0.3) is 0 Å². The summed E-state index contributed by atoms with van der Waals surface area (Å²) in [7, 11) is 0. The average molecular weight is 290 g/mol. The van der Waals surface area contributed by atoms with Crippen LogP contribution in [0.25, 0.3) is 0 Å². The van der Waals surface area contributed by atoms with Crippen molar-refractivity contribution in [1.29, 1.82) is 0 Å². The van der Waals surface area contributed by atoms with Crippen molar-refractivity contribution < 1.29 is 19.1 Å². The Labute approximate surface area is 122 Å². The van der Waals surface area contributed by atoms with Crippen LogP contribution in [0.15, 0.2) is 18.2 Å². The first-order valence-corrected chi connectivity index (χ1v) is 6.93. The van der Waals surface area contributed by atoms with Crippen LogP contribution in [-0.4, -0.2) is 43.0 Å². The Morgan fingerprint density at radius 1 is 1.33 bits per heavy atom. The third kappa shape index (κ3) is 2.58. The zero-order valence-corrected chi connectivity index (χ0v) is 11.9. The Bertz CT molecular complexity index is 601. The molecule has 112 valence electrons. The third-order valence-corrected chi connectivity index (χ3v) is 4.21. The van der Waals surface area contributed by atoms with Crippen LogP contribution < -0.4 is 15.2 Å². The maximum absolute atomic E-state index is 12.3. The molecule has 2 heterocycles. The molecule has 1 aromatic rings. The molecule has 1 aromatic carbocycles. The minimum atomic E-state index is -0.533. The Kier molecular flexibility index (Phi) is 3.33. The molecule has 0 bridgehead atoms.